The Kier molecular flexibility index (Phi) is 3.61. The number of carbonyl (C=O) groups is 1. The Morgan fingerprint density at radius 2 is 1.90 bits per heavy atom. The lowest BCUT2D eigenvalue weighted by Crippen LogP contribution is -2.45. The lowest BCUT2D eigenvalue weighted by atomic mass is 9.78. The van der Waals surface area contributed by atoms with Gasteiger partial charge in [-0.25, -0.2) is 9.18 Å². The molecule has 108 valence electrons. The van der Waals surface area contributed by atoms with Gasteiger partial charge in [0, 0.05) is 25.3 Å². The van der Waals surface area contributed by atoms with E-state index < -0.39 is 0 Å². The van der Waals surface area contributed by atoms with Crippen LogP contribution >= 0.6 is 0 Å². The minimum Gasteiger partial charge on any atom is -0.324 e. The number of rotatable bonds is 1. The summed E-state index contributed by atoms with van der Waals surface area (Å²) in [6.07, 6.45) is 3.36. The average molecular weight is 277 g/mol. The van der Waals surface area contributed by atoms with Crippen molar-refractivity contribution in [3.63, 3.8) is 0 Å². The van der Waals surface area contributed by atoms with Crippen molar-refractivity contribution >= 4 is 11.7 Å². The van der Waals surface area contributed by atoms with Crippen molar-refractivity contribution < 1.29 is 9.18 Å². The summed E-state index contributed by atoms with van der Waals surface area (Å²) in [5, 5.41) is 6.24. The van der Waals surface area contributed by atoms with Gasteiger partial charge in [0.15, 0.2) is 0 Å². The van der Waals surface area contributed by atoms with Crippen LogP contribution < -0.4 is 10.6 Å². The van der Waals surface area contributed by atoms with Crippen LogP contribution in [0, 0.1) is 11.2 Å². The van der Waals surface area contributed by atoms with Gasteiger partial charge in [-0.1, -0.05) is 0 Å². The fourth-order valence-corrected chi connectivity index (χ4v) is 3.14. The molecule has 0 unspecified atom stereocenters. The minimum absolute atomic E-state index is 0.0857. The number of nitrogens with one attached hydrogen (secondary N) is 2. The summed E-state index contributed by atoms with van der Waals surface area (Å²) in [5.41, 5.74) is 1.05. The zero-order chi connectivity index (χ0) is 14.0. The van der Waals surface area contributed by atoms with Crippen molar-refractivity contribution in [2.24, 2.45) is 5.41 Å². The third-order valence-corrected chi connectivity index (χ3v) is 4.54. The summed E-state index contributed by atoms with van der Waals surface area (Å²) in [5.74, 6) is -0.295. The van der Waals surface area contributed by atoms with Crippen LogP contribution in [-0.2, 0) is 0 Å². The standard InChI is InChI=1S/C15H20FN3O/c16-12-1-3-13(4-2-12)18-14(20)19-9-6-15(7-10-19)5-8-17-11-15/h1-4,17H,5-11H2,(H,18,20). The zero-order valence-electron chi connectivity index (χ0n) is 11.5. The lowest BCUT2D eigenvalue weighted by molar-refractivity contribution is 0.137. The first-order valence-corrected chi connectivity index (χ1v) is 7.19. The molecule has 2 fully saturated rings. The highest BCUT2D eigenvalue weighted by atomic mass is 19.1. The van der Waals surface area contributed by atoms with Crippen LogP contribution in [0.5, 0.6) is 0 Å². The minimum atomic E-state index is -0.295. The molecule has 2 saturated heterocycles. The van der Waals surface area contributed by atoms with Crippen LogP contribution in [0.4, 0.5) is 14.9 Å². The predicted molar refractivity (Wildman–Crippen MR) is 76.1 cm³/mol. The van der Waals surface area contributed by atoms with Gasteiger partial charge >= 0.3 is 6.03 Å². The number of hydrogen-bond donors (Lipinski definition) is 2. The second kappa shape index (κ2) is 5.40. The quantitative estimate of drug-likeness (QED) is 0.828. The summed E-state index contributed by atoms with van der Waals surface area (Å²) >= 11 is 0. The van der Waals surface area contributed by atoms with Gasteiger partial charge in [0.1, 0.15) is 5.82 Å². The second-order valence-corrected chi connectivity index (χ2v) is 5.85. The van der Waals surface area contributed by atoms with E-state index in [-0.39, 0.29) is 11.8 Å². The lowest BCUT2D eigenvalue weighted by Gasteiger charge is -2.38. The SMILES string of the molecule is O=C(Nc1ccc(F)cc1)N1CCC2(CCNC2)CC1. The molecule has 0 atom stereocenters. The first-order chi connectivity index (χ1) is 9.67. The molecule has 0 bridgehead atoms. The van der Waals surface area contributed by atoms with Gasteiger partial charge < -0.3 is 15.5 Å². The van der Waals surface area contributed by atoms with E-state index in [2.05, 4.69) is 10.6 Å². The topological polar surface area (TPSA) is 44.4 Å². The zero-order valence-corrected chi connectivity index (χ0v) is 11.5. The molecule has 0 radical (unpaired) electrons. The summed E-state index contributed by atoms with van der Waals surface area (Å²) < 4.78 is 12.8. The van der Waals surface area contributed by atoms with Crippen molar-refractivity contribution in [2.75, 3.05) is 31.5 Å². The molecule has 2 heterocycles. The number of halogens is 1. The van der Waals surface area contributed by atoms with Crippen LogP contribution in [0.15, 0.2) is 24.3 Å². The van der Waals surface area contributed by atoms with E-state index in [9.17, 15) is 9.18 Å². The molecule has 2 aliphatic rings. The van der Waals surface area contributed by atoms with Gasteiger partial charge in [-0.05, 0) is 55.5 Å². The van der Waals surface area contributed by atoms with E-state index in [1.165, 1.54) is 18.6 Å². The first kappa shape index (κ1) is 13.4. The van der Waals surface area contributed by atoms with E-state index in [1.54, 1.807) is 12.1 Å². The second-order valence-electron chi connectivity index (χ2n) is 5.85. The molecular formula is C15H20FN3O. The van der Waals surface area contributed by atoms with E-state index in [0.29, 0.717) is 11.1 Å². The predicted octanol–water partition coefficient (Wildman–Crippen LogP) is 2.43. The fraction of sp³-hybridized carbons (Fsp3) is 0.533. The number of piperidine rings is 1. The van der Waals surface area contributed by atoms with Crippen molar-refractivity contribution in [1.29, 1.82) is 0 Å². The monoisotopic (exact) mass is 277 g/mol. The molecule has 0 saturated carbocycles. The molecule has 20 heavy (non-hydrogen) atoms. The maximum absolute atomic E-state index is 12.8. The number of likely N-dealkylation sites (tertiary alicyclic amines) is 1. The van der Waals surface area contributed by atoms with Crippen molar-refractivity contribution in [2.45, 2.75) is 19.3 Å². The molecule has 1 aromatic carbocycles. The third kappa shape index (κ3) is 2.77. The molecule has 5 heteroatoms. The highest BCUT2D eigenvalue weighted by molar-refractivity contribution is 5.89. The first-order valence-electron chi connectivity index (χ1n) is 7.19. The van der Waals surface area contributed by atoms with Crippen LogP contribution in [0.25, 0.3) is 0 Å². The smallest absolute Gasteiger partial charge is 0.321 e. The van der Waals surface area contributed by atoms with Gasteiger partial charge in [0.25, 0.3) is 0 Å². The van der Waals surface area contributed by atoms with Gasteiger partial charge in [-0.3, -0.25) is 0 Å². The Balaban J connectivity index is 1.55. The molecule has 1 aromatic rings. The normalized spacial score (nSPS) is 21.1. The van der Waals surface area contributed by atoms with Crippen LogP contribution in [0.1, 0.15) is 19.3 Å². The van der Waals surface area contributed by atoms with Crippen molar-refractivity contribution in [1.82, 2.24) is 10.2 Å². The Labute approximate surface area is 118 Å². The Bertz CT molecular complexity index is 472. The molecule has 3 rings (SSSR count). The number of urea groups is 1. The number of benzene rings is 1. The summed E-state index contributed by atoms with van der Waals surface area (Å²) in [6, 6.07) is 5.78. The van der Waals surface area contributed by atoms with Gasteiger partial charge in [-0.2, -0.15) is 0 Å². The summed E-state index contributed by atoms with van der Waals surface area (Å²) in [7, 11) is 0. The Morgan fingerprint density at radius 3 is 2.50 bits per heavy atom. The van der Waals surface area contributed by atoms with E-state index >= 15 is 0 Å². The number of amides is 2. The largest absolute Gasteiger partial charge is 0.324 e. The van der Waals surface area contributed by atoms with Gasteiger partial charge in [0.2, 0.25) is 0 Å². The number of nitrogens with zero attached hydrogens (tertiary/aromatic N) is 1. The number of carbonyl (C=O) groups excluding carboxylic acids is 1. The Hall–Kier alpha value is -1.62. The highest BCUT2D eigenvalue weighted by Gasteiger charge is 2.37. The third-order valence-electron chi connectivity index (χ3n) is 4.54. The van der Waals surface area contributed by atoms with Crippen LogP contribution in [0.2, 0.25) is 0 Å². The molecule has 0 aromatic heterocycles. The van der Waals surface area contributed by atoms with E-state index in [0.717, 1.165) is 39.0 Å². The Morgan fingerprint density at radius 1 is 1.20 bits per heavy atom. The molecule has 0 aliphatic carbocycles. The molecule has 2 amide bonds. The number of hydrogen-bond acceptors (Lipinski definition) is 2. The molecule has 4 nitrogen and oxygen atoms in total. The van der Waals surface area contributed by atoms with Crippen molar-refractivity contribution in [3.05, 3.63) is 30.1 Å². The molecule has 1 spiro atoms. The highest BCUT2D eigenvalue weighted by Crippen LogP contribution is 2.36. The maximum Gasteiger partial charge on any atom is 0.321 e. The average Bonchev–Trinajstić information content (AvgIpc) is 2.90. The van der Waals surface area contributed by atoms with Crippen LogP contribution in [0.3, 0.4) is 0 Å². The van der Waals surface area contributed by atoms with Crippen molar-refractivity contribution in [3.8, 4) is 0 Å². The summed E-state index contributed by atoms with van der Waals surface area (Å²) in [6.45, 7) is 3.78. The van der Waals surface area contributed by atoms with Gasteiger partial charge in [0.05, 0.1) is 0 Å². The van der Waals surface area contributed by atoms with E-state index in [4.69, 9.17) is 0 Å². The molecule has 2 aliphatic heterocycles. The maximum atomic E-state index is 12.8. The molecular weight excluding hydrogens is 257 g/mol. The number of anilines is 1. The fourth-order valence-electron chi connectivity index (χ4n) is 3.14. The summed E-state index contributed by atoms with van der Waals surface area (Å²) in [4.78, 5) is 14.0. The van der Waals surface area contributed by atoms with Crippen LogP contribution in [-0.4, -0.2) is 37.1 Å². The van der Waals surface area contributed by atoms with Gasteiger partial charge in [-0.15, -0.1) is 0 Å². The molecule has 2 N–H and O–H groups in total. The van der Waals surface area contributed by atoms with E-state index in [1.807, 2.05) is 4.90 Å².